The van der Waals surface area contributed by atoms with Gasteiger partial charge in [-0.2, -0.15) is 0 Å². The van der Waals surface area contributed by atoms with Crippen LogP contribution >= 0.6 is 0 Å². The molecule has 1 atom stereocenters. The lowest BCUT2D eigenvalue weighted by atomic mass is 10.1. The highest BCUT2D eigenvalue weighted by molar-refractivity contribution is 6.96. The summed E-state index contributed by atoms with van der Waals surface area (Å²) < 4.78 is 5.61. The lowest BCUT2D eigenvalue weighted by molar-refractivity contribution is 0.0997. The summed E-state index contributed by atoms with van der Waals surface area (Å²) in [5.74, 6) is 0.647. The van der Waals surface area contributed by atoms with Crippen molar-refractivity contribution in [3.63, 3.8) is 0 Å². The molecule has 0 aromatic heterocycles. The number of allylic oxidation sites excluding steroid dienone is 4. The first-order valence-corrected chi connectivity index (χ1v) is 11.0. The van der Waals surface area contributed by atoms with Crippen molar-refractivity contribution in [3.05, 3.63) is 45.7 Å². The summed E-state index contributed by atoms with van der Waals surface area (Å²) in [5, 5.41) is 2.66. The Morgan fingerprint density at radius 3 is 2.22 bits per heavy atom. The summed E-state index contributed by atoms with van der Waals surface area (Å²) in [4.78, 5) is 11.8. The first-order chi connectivity index (χ1) is 10.6. The fraction of sp³-hybridized carbons (Fsp3) is 0.421. The number of nitrogens with two attached hydrogens (primary N) is 1. The summed E-state index contributed by atoms with van der Waals surface area (Å²) in [7, 11) is -0.379. The van der Waals surface area contributed by atoms with Crippen LogP contribution in [0.25, 0.3) is 0 Å². The second kappa shape index (κ2) is 6.00. The van der Waals surface area contributed by atoms with Gasteiger partial charge < -0.3 is 10.5 Å². The van der Waals surface area contributed by atoms with Gasteiger partial charge in [0.1, 0.15) is 13.8 Å². The zero-order valence-electron chi connectivity index (χ0n) is 15.2. The first-order valence-electron chi connectivity index (χ1n) is 8.00. The van der Waals surface area contributed by atoms with Gasteiger partial charge in [-0.15, -0.1) is 0 Å². The van der Waals surface area contributed by atoms with Crippen LogP contribution in [-0.4, -0.2) is 21.1 Å². The lowest BCUT2D eigenvalue weighted by Crippen LogP contribution is -2.47. The molecule has 1 aliphatic carbocycles. The molecule has 2 N–H and O–H groups in total. The highest BCUT2D eigenvalue weighted by Crippen LogP contribution is 2.42. The molecule has 1 unspecified atom stereocenters. The first kappa shape index (κ1) is 17.5. The summed E-state index contributed by atoms with van der Waals surface area (Å²) >= 11 is 0. The number of rotatable bonds is 4. The Bertz CT molecular complexity index is 729. The minimum Gasteiger partial charge on any atom is -0.496 e. The molecular formula is C19H27NO2Si. The number of hydrogen-bond donors (Lipinski definition) is 1. The SMILES string of the molecule is COc1c(C(N)=O)cccc1[Si](C)(C)C1=C(C)C(C)=C(C)C1C. The van der Waals surface area contributed by atoms with E-state index in [9.17, 15) is 4.79 Å². The van der Waals surface area contributed by atoms with Gasteiger partial charge in [0, 0.05) is 0 Å². The number of carbonyl (C=O) groups is 1. The van der Waals surface area contributed by atoms with E-state index >= 15 is 0 Å². The molecule has 0 bridgehead atoms. The Balaban J connectivity index is 2.67. The van der Waals surface area contributed by atoms with Gasteiger partial charge in [0.2, 0.25) is 0 Å². The third-order valence-electron chi connectivity index (χ3n) is 5.47. The van der Waals surface area contributed by atoms with E-state index in [1.54, 1.807) is 13.2 Å². The van der Waals surface area contributed by atoms with Crippen molar-refractivity contribution in [2.24, 2.45) is 11.7 Å². The molecule has 124 valence electrons. The maximum absolute atomic E-state index is 11.8. The molecule has 0 fully saturated rings. The molecule has 1 aromatic carbocycles. The minimum absolute atomic E-state index is 0.441. The van der Waals surface area contributed by atoms with Crippen molar-refractivity contribution in [1.29, 1.82) is 0 Å². The number of ether oxygens (including phenoxy) is 1. The van der Waals surface area contributed by atoms with Crippen molar-refractivity contribution in [3.8, 4) is 5.75 Å². The molecule has 0 radical (unpaired) electrons. The molecule has 23 heavy (non-hydrogen) atoms. The fourth-order valence-corrected chi connectivity index (χ4v) is 7.99. The van der Waals surface area contributed by atoms with Gasteiger partial charge in [-0.3, -0.25) is 4.79 Å². The maximum atomic E-state index is 11.8. The largest absolute Gasteiger partial charge is 0.496 e. The van der Waals surface area contributed by atoms with Crippen LogP contribution in [0.1, 0.15) is 38.1 Å². The van der Waals surface area contributed by atoms with Gasteiger partial charge in [-0.1, -0.05) is 48.5 Å². The summed E-state index contributed by atoms with van der Waals surface area (Å²) in [5.41, 5.74) is 10.2. The van der Waals surface area contributed by atoms with Gasteiger partial charge in [0.25, 0.3) is 5.91 Å². The normalized spacial score (nSPS) is 18.7. The van der Waals surface area contributed by atoms with E-state index in [0.717, 1.165) is 5.19 Å². The van der Waals surface area contributed by atoms with Gasteiger partial charge in [0.05, 0.1) is 12.7 Å². The molecule has 0 aliphatic heterocycles. The van der Waals surface area contributed by atoms with Crippen LogP contribution in [0.4, 0.5) is 0 Å². The van der Waals surface area contributed by atoms with Crippen LogP contribution in [0, 0.1) is 5.92 Å². The third kappa shape index (κ3) is 2.65. The van der Waals surface area contributed by atoms with Gasteiger partial charge >= 0.3 is 0 Å². The zero-order chi connectivity index (χ0) is 17.5. The Labute approximate surface area is 140 Å². The predicted molar refractivity (Wildman–Crippen MR) is 98.9 cm³/mol. The predicted octanol–water partition coefficient (Wildman–Crippen LogP) is 3.55. The molecule has 4 heteroatoms. The molecule has 0 saturated heterocycles. The van der Waals surface area contributed by atoms with E-state index in [4.69, 9.17) is 10.5 Å². The number of hydrogen-bond acceptors (Lipinski definition) is 2. The molecule has 1 amide bonds. The Kier molecular flexibility index (Phi) is 4.58. The third-order valence-corrected chi connectivity index (χ3v) is 9.37. The molecule has 3 nitrogen and oxygen atoms in total. The van der Waals surface area contributed by atoms with E-state index in [1.807, 2.05) is 6.07 Å². The van der Waals surface area contributed by atoms with E-state index in [-0.39, 0.29) is 0 Å². The second-order valence-electron chi connectivity index (χ2n) is 6.94. The highest BCUT2D eigenvalue weighted by atomic mass is 28.3. The summed E-state index contributed by atoms with van der Waals surface area (Å²) in [6.07, 6.45) is 0. The molecule has 1 aliphatic rings. The summed E-state index contributed by atoms with van der Waals surface area (Å²) in [6.45, 7) is 13.6. The van der Waals surface area contributed by atoms with Crippen LogP contribution in [0.5, 0.6) is 5.75 Å². The molecule has 2 rings (SSSR count). The average Bonchev–Trinajstić information content (AvgIpc) is 2.70. The van der Waals surface area contributed by atoms with Crippen LogP contribution in [-0.2, 0) is 0 Å². The lowest BCUT2D eigenvalue weighted by Gasteiger charge is -2.31. The minimum atomic E-state index is -1.99. The number of primary amides is 1. The van der Waals surface area contributed by atoms with E-state index in [0.29, 0.717) is 17.2 Å². The average molecular weight is 330 g/mol. The maximum Gasteiger partial charge on any atom is 0.252 e. The van der Waals surface area contributed by atoms with E-state index in [2.05, 4.69) is 46.9 Å². The van der Waals surface area contributed by atoms with Gasteiger partial charge in [-0.05, 0) is 43.5 Å². The van der Waals surface area contributed by atoms with Crippen LogP contribution in [0.15, 0.2) is 40.1 Å². The van der Waals surface area contributed by atoms with Gasteiger partial charge in [-0.25, -0.2) is 0 Å². The zero-order valence-corrected chi connectivity index (χ0v) is 16.2. The van der Waals surface area contributed by atoms with Crippen LogP contribution in [0.3, 0.4) is 0 Å². The Hall–Kier alpha value is -1.81. The quantitative estimate of drug-likeness (QED) is 0.859. The van der Waals surface area contributed by atoms with Crippen LogP contribution < -0.4 is 15.7 Å². The second-order valence-corrected chi connectivity index (χ2v) is 11.3. The smallest absolute Gasteiger partial charge is 0.252 e. The Morgan fingerprint density at radius 1 is 1.17 bits per heavy atom. The number of amides is 1. The Morgan fingerprint density at radius 2 is 1.78 bits per heavy atom. The molecule has 0 spiro atoms. The molecular weight excluding hydrogens is 302 g/mol. The van der Waals surface area contributed by atoms with Gasteiger partial charge in [0.15, 0.2) is 0 Å². The monoisotopic (exact) mass is 329 g/mol. The summed E-state index contributed by atoms with van der Waals surface area (Å²) in [6, 6.07) is 5.74. The van der Waals surface area contributed by atoms with Crippen molar-refractivity contribution in [2.45, 2.75) is 40.8 Å². The number of benzene rings is 1. The molecule has 1 aromatic rings. The van der Waals surface area contributed by atoms with Crippen molar-refractivity contribution in [1.82, 2.24) is 0 Å². The fourth-order valence-electron chi connectivity index (χ4n) is 3.96. The van der Waals surface area contributed by atoms with E-state index < -0.39 is 14.0 Å². The van der Waals surface area contributed by atoms with Crippen LogP contribution in [0.2, 0.25) is 13.1 Å². The number of methoxy groups -OCH3 is 1. The van der Waals surface area contributed by atoms with Crippen molar-refractivity contribution >= 4 is 19.2 Å². The highest BCUT2D eigenvalue weighted by Gasteiger charge is 2.39. The number of para-hydroxylation sites is 1. The van der Waals surface area contributed by atoms with Crippen molar-refractivity contribution < 1.29 is 9.53 Å². The molecule has 0 heterocycles. The molecule has 0 saturated carbocycles. The van der Waals surface area contributed by atoms with E-state index in [1.165, 1.54) is 21.9 Å². The van der Waals surface area contributed by atoms with Crippen molar-refractivity contribution in [2.75, 3.05) is 7.11 Å². The standard InChI is InChI=1S/C19H27NO2Si/c1-11-12(2)14(4)18(13(11)3)23(6,7)16-10-8-9-15(19(20)21)17(16)22-5/h8-10,13H,1-7H3,(H2,20,21). The topological polar surface area (TPSA) is 52.3 Å². The number of carbonyl (C=O) groups excluding carboxylic acids is 1.